The molecule has 0 atom stereocenters. The Morgan fingerprint density at radius 2 is 2.18 bits per heavy atom. The van der Waals surface area contributed by atoms with Crippen molar-refractivity contribution in [3.05, 3.63) is 22.2 Å². The summed E-state index contributed by atoms with van der Waals surface area (Å²) in [6.45, 7) is 2.47. The Morgan fingerprint density at radius 3 is 2.82 bits per heavy atom. The fourth-order valence-electron chi connectivity index (χ4n) is 1.52. The zero-order valence-corrected chi connectivity index (χ0v) is 9.13. The van der Waals surface area contributed by atoms with Gasteiger partial charge in [-0.25, -0.2) is 9.99 Å². The number of aromatic nitrogens is 1. The van der Waals surface area contributed by atoms with Gasteiger partial charge in [-0.05, 0) is 6.07 Å². The summed E-state index contributed by atoms with van der Waals surface area (Å²) < 4.78 is 5.18. The molecule has 1 aliphatic rings. The predicted octanol–water partition coefficient (Wildman–Crippen LogP) is 0.231. The Labute approximate surface area is 97.5 Å². The van der Waals surface area contributed by atoms with Crippen LogP contribution in [0.4, 0.5) is 17.3 Å². The van der Waals surface area contributed by atoms with Crippen LogP contribution >= 0.6 is 0 Å². The van der Waals surface area contributed by atoms with E-state index in [1.54, 1.807) is 0 Å². The fraction of sp³-hybridized carbons (Fsp3) is 0.444. The third-order valence-electron chi connectivity index (χ3n) is 2.37. The van der Waals surface area contributed by atoms with E-state index < -0.39 is 4.92 Å². The number of pyridine rings is 1. The minimum absolute atomic E-state index is 0.0920. The van der Waals surface area contributed by atoms with E-state index in [0.717, 1.165) is 0 Å². The van der Waals surface area contributed by atoms with Crippen LogP contribution in [0, 0.1) is 10.1 Å². The monoisotopic (exact) mass is 239 g/mol. The highest BCUT2D eigenvalue weighted by atomic mass is 16.6. The summed E-state index contributed by atoms with van der Waals surface area (Å²) in [5, 5.41) is 12.6. The summed E-state index contributed by atoms with van der Waals surface area (Å²) in [7, 11) is 0. The summed E-state index contributed by atoms with van der Waals surface area (Å²) in [6.07, 6.45) is 0. The van der Waals surface area contributed by atoms with E-state index in [0.29, 0.717) is 26.3 Å². The Kier molecular flexibility index (Phi) is 3.35. The number of hydrazine groups is 1. The van der Waals surface area contributed by atoms with Gasteiger partial charge in [-0.1, -0.05) is 0 Å². The molecule has 0 amide bonds. The van der Waals surface area contributed by atoms with Crippen molar-refractivity contribution in [3.63, 3.8) is 0 Å². The maximum absolute atomic E-state index is 10.8. The van der Waals surface area contributed by atoms with Gasteiger partial charge in [0.05, 0.1) is 18.1 Å². The van der Waals surface area contributed by atoms with Crippen LogP contribution in [-0.2, 0) is 4.74 Å². The van der Waals surface area contributed by atoms with Crippen LogP contribution in [-0.4, -0.2) is 41.2 Å². The van der Waals surface area contributed by atoms with Crippen molar-refractivity contribution in [3.8, 4) is 0 Å². The predicted molar refractivity (Wildman–Crippen MR) is 61.3 cm³/mol. The number of nitro groups is 1. The highest BCUT2D eigenvalue weighted by Crippen LogP contribution is 2.23. The zero-order chi connectivity index (χ0) is 12.3. The first kappa shape index (κ1) is 11.6. The van der Waals surface area contributed by atoms with E-state index in [1.165, 1.54) is 12.1 Å². The standard InChI is InChI=1S/C9H13N5O3/c10-8-2-1-7(14(15)16)9(11-8)12-13-3-5-17-6-4-13/h1-2H,3-6H2,(H3,10,11,12). The van der Waals surface area contributed by atoms with Crippen molar-refractivity contribution in [1.82, 2.24) is 9.99 Å². The van der Waals surface area contributed by atoms with Crippen molar-refractivity contribution in [2.45, 2.75) is 0 Å². The average molecular weight is 239 g/mol. The maximum Gasteiger partial charge on any atom is 0.312 e. The van der Waals surface area contributed by atoms with Gasteiger partial charge >= 0.3 is 5.69 Å². The first-order valence-corrected chi connectivity index (χ1v) is 5.17. The molecule has 1 aliphatic heterocycles. The van der Waals surface area contributed by atoms with Crippen LogP contribution in [0.3, 0.4) is 0 Å². The van der Waals surface area contributed by atoms with Gasteiger partial charge < -0.3 is 10.5 Å². The molecule has 0 aliphatic carbocycles. The number of nitrogen functional groups attached to an aromatic ring is 1. The molecule has 1 aromatic heterocycles. The fourth-order valence-corrected chi connectivity index (χ4v) is 1.52. The number of rotatable bonds is 3. The van der Waals surface area contributed by atoms with E-state index >= 15 is 0 Å². The summed E-state index contributed by atoms with van der Waals surface area (Å²) in [6, 6.07) is 2.74. The molecule has 1 fully saturated rings. The van der Waals surface area contributed by atoms with E-state index in [-0.39, 0.29) is 17.3 Å². The van der Waals surface area contributed by atoms with E-state index in [9.17, 15) is 10.1 Å². The SMILES string of the molecule is Nc1ccc([N+](=O)[O-])c(NN2CCOCC2)n1. The van der Waals surface area contributed by atoms with E-state index in [1.807, 2.05) is 5.01 Å². The quantitative estimate of drug-likeness (QED) is 0.574. The van der Waals surface area contributed by atoms with Crippen LogP contribution < -0.4 is 11.2 Å². The number of ether oxygens (including phenoxy) is 1. The number of hydrogen-bond donors (Lipinski definition) is 2. The van der Waals surface area contributed by atoms with Crippen LogP contribution in [0.2, 0.25) is 0 Å². The van der Waals surface area contributed by atoms with Gasteiger partial charge in [0.2, 0.25) is 5.82 Å². The molecule has 17 heavy (non-hydrogen) atoms. The Balaban J connectivity index is 2.17. The number of hydrogen-bond acceptors (Lipinski definition) is 7. The van der Waals surface area contributed by atoms with E-state index in [4.69, 9.17) is 10.5 Å². The first-order chi connectivity index (χ1) is 8.16. The lowest BCUT2D eigenvalue weighted by Gasteiger charge is -2.27. The van der Waals surface area contributed by atoms with Gasteiger partial charge in [-0.3, -0.25) is 15.5 Å². The molecule has 8 nitrogen and oxygen atoms in total. The molecule has 3 N–H and O–H groups in total. The third kappa shape index (κ3) is 2.80. The van der Waals surface area contributed by atoms with Crippen LogP contribution in [0.1, 0.15) is 0 Å². The van der Waals surface area contributed by atoms with Gasteiger partial charge in [0.25, 0.3) is 0 Å². The van der Waals surface area contributed by atoms with E-state index in [2.05, 4.69) is 10.4 Å². The second-order valence-corrected chi connectivity index (χ2v) is 3.57. The van der Waals surface area contributed by atoms with Crippen molar-refractivity contribution in [2.75, 3.05) is 37.5 Å². The van der Waals surface area contributed by atoms with Gasteiger partial charge in [-0.15, -0.1) is 0 Å². The second-order valence-electron chi connectivity index (χ2n) is 3.57. The Hall–Kier alpha value is -1.93. The van der Waals surface area contributed by atoms with Crippen molar-refractivity contribution < 1.29 is 9.66 Å². The van der Waals surface area contributed by atoms with Crippen LogP contribution in [0.25, 0.3) is 0 Å². The maximum atomic E-state index is 10.8. The zero-order valence-electron chi connectivity index (χ0n) is 9.13. The second kappa shape index (κ2) is 4.93. The molecular weight excluding hydrogens is 226 g/mol. The largest absolute Gasteiger partial charge is 0.384 e. The molecule has 0 aromatic carbocycles. The molecule has 0 spiro atoms. The van der Waals surface area contributed by atoms with Crippen molar-refractivity contribution in [2.24, 2.45) is 0 Å². The van der Waals surface area contributed by atoms with Crippen molar-refractivity contribution >= 4 is 17.3 Å². The topological polar surface area (TPSA) is 107 Å². The summed E-state index contributed by atoms with van der Waals surface area (Å²) >= 11 is 0. The molecule has 2 heterocycles. The molecule has 1 aromatic rings. The van der Waals surface area contributed by atoms with Crippen LogP contribution in [0.5, 0.6) is 0 Å². The minimum atomic E-state index is -0.491. The Morgan fingerprint density at radius 1 is 1.47 bits per heavy atom. The molecule has 92 valence electrons. The average Bonchev–Trinajstić information content (AvgIpc) is 2.30. The van der Waals surface area contributed by atoms with Crippen molar-refractivity contribution in [1.29, 1.82) is 0 Å². The molecule has 0 saturated carbocycles. The first-order valence-electron chi connectivity index (χ1n) is 5.17. The molecule has 2 rings (SSSR count). The highest BCUT2D eigenvalue weighted by Gasteiger charge is 2.19. The highest BCUT2D eigenvalue weighted by molar-refractivity contribution is 5.58. The lowest BCUT2D eigenvalue weighted by Crippen LogP contribution is -2.40. The van der Waals surface area contributed by atoms with Crippen LogP contribution in [0.15, 0.2) is 12.1 Å². The van der Waals surface area contributed by atoms with Gasteiger partial charge in [0.15, 0.2) is 0 Å². The van der Waals surface area contributed by atoms with Gasteiger partial charge in [-0.2, -0.15) is 0 Å². The number of morpholine rings is 1. The normalized spacial score (nSPS) is 16.7. The number of nitrogens with one attached hydrogen (secondary N) is 1. The number of nitrogens with two attached hydrogens (primary N) is 1. The lowest BCUT2D eigenvalue weighted by molar-refractivity contribution is -0.384. The lowest BCUT2D eigenvalue weighted by atomic mass is 10.4. The summed E-state index contributed by atoms with van der Waals surface area (Å²) in [4.78, 5) is 14.3. The molecule has 0 unspecified atom stereocenters. The van der Waals surface area contributed by atoms with Gasteiger partial charge in [0.1, 0.15) is 5.82 Å². The molecule has 0 bridgehead atoms. The number of anilines is 2. The summed E-state index contributed by atoms with van der Waals surface area (Å²) in [5.74, 6) is 0.406. The summed E-state index contributed by atoms with van der Waals surface area (Å²) in [5.41, 5.74) is 8.32. The molecule has 8 heteroatoms. The minimum Gasteiger partial charge on any atom is -0.384 e. The molecule has 0 radical (unpaired) electrons. The van der Waals surface area contributed by atoms with Gasteiger partial charge in [0, 0.05) is 19.2 Å². The molecule has 1 saturated heterocycles. The number of nitrogens with zero attached hydrogens (tertiary/aromatic N) is 3. The smallest absolute Gasteiger partial charge is 0.312 e. The Bertz CT molecular complexity index is 419. The molecular formula is C9H13N5O3. The third-order valence-corrected chi connectivity index (χ3v) is 2.37.